The molecule has 0 unspecified atom stereocenters. The van der Waals surface area contributed by atoms with Crippen LogP contribution in [-0.2, 0) is 6.61 Å². The van der Waals surface area contributed by atoms with Crippen LogP contribution in [0.4, 0.5) is 4.39 Å². The summed E-state index contributed by atoms with van der Waals surface area (Å²) >= 11 is 5.49. The van der Waals surface area contributed by atoms with Gasteiger partial charge in [0.25, 0.3) is 0 Å². The first kappa shape index (κ1) is 14.4. The Labute approximate surface area is 123 Å². The second kappa shape index (κ2) is 6.98. The number of benzene rings is 2. The van der Waals surface area contributed by atoms with Crippen molar-refractivity contribution in [2.75, 3.05) is 5.88 Å². The van der Waals surface area contributed by atoms with Gasteiger partial charge < -0.3 is 4.74 Å². The standard InChI is InChI=1S/C17H14ClFO/c1-13-5-2-3-7-15(13)12-20-17-10-14(6-4-8-18)9-16(19)11-17/h2-3,5,7,9-11H,8,12H2,1H3. The van der Waals surface area contributed by atoms with E-state index in [2.05, 4.69) is 11.8 Å². The van der Waals surface area contributed by atoms with E-state index in [0.717, 1.165) is 11.1 Å². The maximum Gasteiger partial charge on any atom is 0.128 e. The molecule has 2 aromatic carbocycles. The molecule has 0 N–H and O–H groups in total. The second-order valence-corrected chi connectivity index (χ2v) is 4.59. The smallest absolute Gasteiger partial charge is 0.128 e. The maximum atomic E-state index is 13.5. The molecule has 3 heteroatoms. The average molecular weight is 289 g/mol. The van der Waals surface area contributed by atoms with Crippen LogP contribution in [0.15, 0.2) is 42.5 Å². The number of hydrogen-bond donors (Lipinski definition) is 0. The molecule has 102 valence electrons. The Balaban J connectivity index is 2.13. The highest BCUT2D eigenvalue weighted by Gasteiger charge is 2.02. The Morgan fingerprint density at radius 3 is 2.75 bits per heavy atom. The van der Waals surface area contributed by atoms with Crippen LogP contribution in [0.5, 0.6) is 5.75 Å². The van der Waals surface area contributed by atoms with Crippen molar-refractivity contribution in [2.24, 2.45) is 0 Å². The van der Waals surface area contributed by atoms with Gasteiger partial charge in [0.05, 0.1) is 5.88 Å². The van der Waals surface area contributed by atoms with Gasteiger partial charge >= 0.3 is 0 Å². The molecule has 1 nitrogen and oxygen atoms in total. The molecule has 0 saturated heterocycles. The van der Waals surface area contributed by atoms with Crippen LogP contribution in [0.1, 0.15) is 16.7 Å². The molecule has 0 bridgehead atoms. The van der Waals surface area contributed by atoms with E-state index in [9.17, 15) is 4.39 Å². The van der Waals surface area contributed by atoms with Crippen molar-refractivity contribution in [3.8, 4) is 17.6 Å². The zero-order valence-corrected chi connectivity index (χ0v) is 11.9. The molecule has 20 heavy (non-hydrogen) atoms. The first-order valence-electron chi connectivity index (χ1n) is 6.22. The molecule has 2 rings (SSSR count). The topological polar surface area (TPSA) is 9.23 Å². The third-order valence-electron chi connectivity index (χ3n) is 2.83. The van der Waals surface area contributed by atoms with E-state index < -0.39 is 0 Å². The number of ether oxygens (including phenoxy) is 1. The van der Waals surface area contributed by atoms with Crippen LogP contribution < -0.4 is 4.74 Å². The van der Waals surface area contributed by atoms with E-state index in [-0.39, 0.29) is 11.7 Å². The highest BCUT2D eigenvalue weighted by Crippen LogP contribution is 2.18. The highest BCUT2D eigenvalue weighted by molar-refractivity contribution is 6.19. The summed E-state index contributed by atoms with van der Waals surface area (Å²) < 4.78 is 19.1. The Hall–Kier alpha value is -1.98. The van der Waals surface area contributed by atoms with Gasteiger partial charge in [-0.05, 0) is 30.2 Å². The van der Waals surface area contributed by atoms with Gasteiger partial charge in [0.15, 0.2) is 0 Å². The van der Waals surface area contributed by atoms with Gasteiger partial charge in [0, 0.05) is 11.6 Å². The molecule has 0 atom stereocenters. The third-order valence-corrected chi connectivity index (χ3v) is 2.96. The fourth-order valence-electron chi connectivity index (χ4n) is 1.79. The number of alkyl halides is 1. The normalized spacial score (nSPS) is 9.75. The minimum atomic E-state index is -0.369. The summed E-state index contributed by atoms with van der Waals surface area (Å²) in [6.45, 7) is 2.42. The SMILES string of the molecule is Cc1ccccc1COc1cc(F)cc(C#CCCl)c1. The van der Waals surface area contributed by atoms with Crippen molar-refractivity contribution in [3.05, 3.63) is 65.0 Å². The van der Waals surface area contributed by atoms with Gasteiger partial charge in [0.1, 0.15) is 18.2 Å². The summed E-state index contributed by atoms with van der Waals surface area (Å²) in [7, 11) is 0. The lowest BCUT2D eigenvalue weighted by Gasteiger charge is -2.09. The number of hydrogen-bond acceptors (Lipinski definition) is 1. The quantitative estimate of drug-likeness (QED) is 0.604. The first-order valence-corrected chi connectivity index (χ1v) is 6.75. The number of halogens is 2. The Bertz CT molecular complexity index is 656. The molecule has 2 aromatic rings. The molecule has 0 aliphatic heterocycles. The molecule has 0 heterocycles. The highest BCUT2D eigenvalue weighted by atomic mass is 35.5. The summed E-state index contributed by atoms with van der Waals surface area (Å²) in [4.78, 5) is 0. The molecule has 0 saturated carbocycles. The van der Waals surface area contributed by atoms with Gasteiger partial charge in [-0.15, -0.1) is 11.6 Å². The molecule has 0 aliphatic carbocycles. The summed E-state index contributed by atoms with van der Waals surface area (Å²) in [5.41, 5.74) is 2.78. The van der Waals surface area contributed by atoms with Crippen molar-refractivity contribution < 1.29 is 9.13 Å². The predicted molar refractivity (Wildman–Crippen MR) is 79.5 cm³/mol. The third kappa shape index (κ3) is 4.01. The second-order valence-electron chi connectivity index (χ2n) is 4.33. The largest absolute Gasteiger partial charge is 0.489 e. The molecular formula is C17H14ClFO. The van der Waals surface area contributed by atoms with Gasteiger partial charge in [-0.3, -0.25) is 0 Å². The van der Waals surface area contributed by atoms with Crippen LogP contribution in [0, 0.1) is 24.6 Å². The summed E-state index contributed by atoms with van der Waals surface area (Å²) in [6, 6.07) is 12.4. The molecule has 0 radical (unpaired) electrons. The van der Waals surface area contributed by atoms with Crippen LogP contribution in [0.2, 0.25) is 0 Å². The monoisotopic (exact) mass is 288 g/mol. The first-order chi connectivity index (χ1) is 9.69. The summed E-state index contributed by atoms with van der Waals surface area (Å²) in [5.74, 6) is 5.79. The molecule has 0 amide bonds. The van der Waals surface area contributed by atoms with Crippen LogP contribution >= 0.6 is 11.6 Å². The molecule has 0 spiro atoms. The van der Waals surface area contributed by atoms with E-state index in [1.165, 1.54) is 12.1 Å². The van der Waals surface area contributed by atoms with Gasteiger partial charge in [0.2, 0.25) is 0 Å². The molecular weight excluding hydrogens is 275 g/mol. The maximum absolute atomic E-state index is 13.5. The lowest BCUT2D eigenvalue weighted by Crippen LogP contribution is -1.98. The van der Waals surface area contributed by atoms with Crippen LogP contribution in [0.25, 0.3) is 0 Å². The zero-order chi connectivity index (χ0) is 14.4. The fraction of sp³-hybridized carbons (Fsp3) is 0.176. The van der Waals surface area contributed by atoms with Crippen molar-refractivity contribution in [3.63, 3.8) is 0 Å². The van der Waals surface area contributed by atoms with Gasteiger partial charge in [-0.1, -0.05) is 36.1 Å². The Morgan fingerprint density at radius 1 is 1.20 bits per heavy atom. The fourth-order valence-corrected chi connectivity index (χ4v) is 1.85. The van der Waals surface area contributed by atoms with E-state index in [0.29, 0.717) is 17.9 Å². The predicted octanol–water partition coefficient (Wildman–Crippen LogP) is 4.30. The van der Waals surface area contributed by atoms with Gasteiger partial charge in [-0.25, -0.2) is 4.39 Å². The zero-order valence-electron chi connectivity index (χ0n) is 11.1. The minimum Gasteiger partial charge on any atom is -0.489 e. The van der Waals surface area contributed by atoms with Crippen molar-refractivity contribution in [2.45, 2.75) is 13.5 Å². The Morgan fingerprint density at radius 2 is 2.00 bits per heavy atom. The number of rotatable bonds is 3. The van der Waals surface area contributed by atoms with Crippen molar-refractivity contribution in [1.82, 2.24) is 0 Å². The average Bonchev–Trinajstić information content (AvgIpc) is 2.44. The van der Waals surface area contributed by atoms with E-state index in [1.807, 2.05) is 31.2 Å². The van der Waals surface area contributed by atoms with Crippen molar-refractivity contribution >= 4 is 11.6 Å². The van der Waals surface area contributed by atoms with Crippen LogP contribution in [-0.4, -0.2) is 5.88 Å². The number of aryl methyl sites for hydroxylation is 1. The molecule has 0 aromatic heterocycles. The lowest BCUT2D eigenvalue weighted by molar-refractivity contribution is 0.303. The lowest BCUT2D eigenvalue weighted by atomic mass is 10.1. The summed E-state index contributed by atoms with van der Waals surface area (Å²) in [5, 5.41) is 0. The molecule has 0 aliphatic rings. The van der Waals surface area contributed by atoms with Crippen LogP contribution in [0.3, 0.4) is 0 Å². The van der Waals surface area contributed by atoms with Gasteiger partial charge in [-0.2, -0.15) is 0 Å². The Kier molecular flexibility index (Phi) is 5.03. The minimum absolute atomic E-state index is 0.218. The van der Waals surface area contributed by atoms with E-state index >= 15 is 0 Å². The summed E-state index contributed by atoms with van der Waals surface area (Å²) in [6.07, 6.45) is 0. The van der Waals surface area contributed by atoms with Crippen molar-refractivity contribution in [1.29, 1.82) is 0 Å². The molecule has 0 fully saturated rings. The van der Waals surface area contributed by atoms with E-state index in [1.54, 1.807) is 6.07 Å². The van der Waals surface area contributed by atoms with E-state index in [4.69, 9.17) is 16.3 Å².